The molecular weight excluding hydrogens is 271 g/mol. The molecule has 0 saturated carbocycles. The van der Waals surface area contributed by atoms with Crippen molar-refractivity contribution >= 4 is 18.8 Å². The lowest BCUT2D eigenvalue weighted by Crippen LogP contribution is -2.41. The van der Waals surface area contributed by atoms with Gasteiger partial charge in [-0.15, -0.1) is 0 Å². The average molecular weight is 294 g/mol. The van der Waals surface area contributed by atoms with Gasteiger partial charge in [-0.1, -0.05) is 0 Å². The molecule has 7 heteroatoms. The van der Waals surface area contributed by atoms with E-state index in [9.17, 15) is 4.79 Å². The summed E-state index contributed by atoms with van der Waals surface area (Å²) in [5.74, 6) is 0. The van der Waals surface area contributed by atoms with Gasteiger partial charge in [0.2, 0.25) is 0 Å². The Kier molecular flexibility index (Phi) is 3.70. The number of aromatic nitrogens is 2. The molecule has 0 aliphatic carbocycles. The van der Waals surface area contributed by atoms with E-state index in [0.29, 0.717) is 5.59 Å². The second-order valence-electron chi connectivity index (χ2n) is 7.25. The first kappa shape index (κ1) is 16.0. The fourth-order valence-corrected chi connectivity index (χ4v) is 1.84. The Hall–Kier alpha value is -1.34. The molecular formula is C14H23BN2O4. The molecule has 0 aromatic carbocycles. The van der Waals surface area contributed by atoms with E-state index < -0.39 is 30.0 Å². The molecule has 116 valence electrons. The van der Waals surface area contributed by atoms with Crippen molar-refractivity contribution in [3.05, 3.63) is 12.3 Å². The second-order valence-corrected chi connectivity index (χ2v) is 7.25. The molecule has 0 radical (unpaired) electrons. The van der Waals surface area contributed by atoms with Gasteiger partial charge < -0.3 is 14.0 Å². The lowest BCUT2D eigenvalue weighted by atomic mass is 9.85. The predicted molar refractivity (Wildman–Crippen MR) is 79.6 cm³/mol. The van der Waals surface area contributed by atoms with Crippen LogP contribution in [0.3, 0.4) is 0 Å². The van der Waals surface area contributed by atoms with Gasteiger partial charge in [0.05, 0.1) is 16.8 Å². The summed E-state index contributed by atoms with van der Waals surface area (Å²) < 4.78 is 18.2. The molecule has 1 aliphatic heterocycles. The number of hydrogen-bond acceptors (Lipinski definition) is 5. The highest BCUT2D eigenvalue weighted by Gasteiger charge is 2.52. The zero-order chi connectivity index (χ0) is 16.1. The van der Waals surface area contributed by atoms with Gasteiger partial charge in [-0.3, -0.25) is 0 Å². The highest BCUT2D eigenvalue weighted by molar-refractivity contribution is 6.61. The summed E-state index contributed by atoms with van der Waals surface area (Å²) in [4.78, 5) is 11.9. The van der Waals surface area contributed by atoms with Crippen LogP contribution in [-0.2, 0) is 14.0 Å². The minimum atomic E-state index is -0.585. The first-order valence-corrected chi connectivity index (χ1v) is 7.06. The molecule has 0 bridgehead atoms. The Bertz CT molecular complexity index is 529. The van der Waals surface area contributed by atoms with Crippen molar-refractivity contribution in [2.75, 3.05) is 0 Å². The number of rotatable bonds is 1. The molecule has 0 unspecified atom stereocenters. The van der Waals surface area contributed by atoms with Gasteiger partial charge in [0.25, 0.3) is 0 Å². The minimum Gasteiger partial charge on any atom is -0.442 e. The fraction of sp³-hybridized carbons (Fsp3) is 0.714. The average Bonchev–Trinajstić information content (AvgIpc) is 2.80. The minimum absolute atomic E-state index is 0.437. The normalized spacial score (nSPS) is 20.6. The van der Waals surface area contributed by atoms with Gasteiger partial charge >= 0.3 is 13.2 Å². The molecule has 21 heavy (non-hydrogen) atoms. The van der Waals surface area contributed by atoms with Crippen molar-refractivity contribution < 1.29 is 18.8 Å². The maximum atomic E-state index is 11.9. The Labute approximate surface area is 125 Å². The van der Waals surface area contributed by atoms with Crippen LogP contribution < -0.4 is 5.59 Å². The summed E-state index contributed by atoms with van der Waals surface area (Å²) in [6.07, 6.45) is 1.03. The van der Waals surface area contributed by atoms with E-state index >= 15 is 0 Å². The number of carbonyl (C=O) groups is 1. The third kappa shape index (κ3) is 3.29. The SMILES string of the molecule is CC(C)(C)OC(=O)n1ccc(B2OC(C)(C)C(C)(C)O2)n1. The fourth-order valence-electron chi connectivity index (χ4n) is 1.84. The number of carbonyl (C=O) groups excluding carboxylic acids is 1. The smallest absolute Gasteiger partial charge is 0.442 e. The summed E-state index contributed by atoms with van der Waals surface area (Å²) in [6, 6.07) is 1.70. The molecule has 2 rings (SSSR count). The van der Waals surface area contributed by atoms with Crippen LogP contribution in [-0.4, -0.2) is 39.8 Å². The molecule has 0 amide bonds. The van der Waals surface area contributed by atoms with Crippen molar-refractivity contribution in [2.45, 2.75) is 65.3 Å². The van der Waals surface area contributed by atoms with Gasteiger partial charge in [0.15, 0.2) is 0 Å². The zero-order valence-electron chi connectivity index (χ0n) is 13.8. The van der Waals surface area contributed by atoms with Crippen LogP contribution in [0.25, 0.3) is 0 Å². The van der Waals surface area contributed by atoms with Crippen LogP contribution in [0.5, 0.6) is 0 Å². The van der Waals surface area contributed by atoms with Gasteiger partial charge in [0, 0.05) is 6.20 Å². The summed E-state index contributed by atoms with van der Waals surface area (Å²) in [5, 5.41) is 4.20. The molecule has 0 atom stereocenters. The third-order valence-electron chi connectivity index (χ3n) is 3.68. The van der Waals surface area contributed by atoms with Crippen LogP contribution in [0.1, 0.15) is 48.5 Å². The largest absolute Gasteiger partial charge is 0.516 e. The van der Waals surface area contributed by atoms with Crippen LogP contribution in [0.15, 0.2) is 12.3 Å². The van der Waals surface area contributed by atoms with Crippen molar-refractivity contribution in [3.63, 3.8) is 0 Å². The van der Waals surface area contributed by atoms with E-state index in [1.54, 1.807) is 12.3 Å². The summed E-state index contributed by atoms with van der Waals surface area (Å²) in [5.41, 5.74) is -0.881. The van der Waals surface area contributed by atoms with Gasteiger partial charge in [-0.2, -0.15) is 9.78 Å². The molecule has 1 aromatic rings. The first-order chi connectivity index (χ1) is 9.41. The predicted octanol–water partition coefficient (Wildman–Crippen LogP) is 1.97. The number of nitrogens with zero attached hydrogens (tertiary/aromatic N) is 2. The first-order valence-electron chi connectivity index (χ1n) is 7.06. The topological polar surface area (TPSA) is 62.6 Å². The van der Waals surface area contributed by atoms with Crippen molar-refractivity contribution in [2.24, 2.45) is 0 Å². The molecule has 1 fully saturated rings. The Morgan fingerprint density at radius 3 is 2.24 bits per heavy atom. The quantitative estimate of drug-likeness (QED) is 0.741. The van der Waals surface area contributed by atoms with Gasteiger partial charge in [0.1, 0.15) is 5.60 Å². The molecule has 2 heterocycles. The highest BCUT2D eigenvalue weighted by atomic mass is 16.7. The van der Waals surface area contributed by atoms with E-state index in [0.717, 1.165) is 4.68 Å². The van der Waals surface area contributed by atoms with Crippen LogP contribution in [0.2, 0.25) is 0 Å². The zero-order valence-corrected chi connectivity index (χ0v) is 13.8. The molecule has 1 saturated heterocycles. The molecule has 1 aliphatic rings. The van der Waals surface area contributed by atoms with E-state index in [4.69, 9.17) is 14.0 Å². The molecule has 0 spiro atoms. The maximum Gasteiger partial charge on any atom is 0.516 e. The maximum absolute atomic E-state index is 11.9. The van der Waals surface area contributed by atoms with Crippen molar-refractivity contribution in [1.29, 1.82) is 0 Å². The Morgan fingerprint density at radius 1 is 1.24 bits per heavy atom. The Balaban J connectivity index is 2.13. The highest BCUT2D eigenvalue weighted by Crippen LogP contribution is 2.36. The van der Waals surface area contributed by atoms with E-state index in [2.05, 4.69) is 5.10 Å². The summed E-state index contributed by atoms with van der Waals surface area (Å²) >= 11 is 0. The molecule has 0 N–H and O–H groups in total. The third-order valence-corrected chi connectivity index (χ3v) is 3.68. The van der Waals surface area contributed by atoms with E-state index in [1.807, 2.05) is 48.5 Å². The summed E-state index contributed by atoms with van der Waals surface area (Å²) in [7, 11) is -0.585. The van der Waals surface area contributed by atoms with Gasteiger partial charge in [-0.25, -0.2) is 4.79 Å². The summed E-state index contributed by atoms with van der Waals surface area (Å²) in [6.45, 7) is 13.3. The lowest BCUT2D eigenvalue weighted by Gasteiger charge is -2.32. The molecule has 1 aromatic heterocycles. The van der Waals surface area contributed by atoms with Crippen molar-refractivity contribution in [3.8, 4) is 0 Å². The van der Waals surface area contributed by atoms with Crippen molar-refractivity contribution in [1.82, 2.24) is 9.78 Å². The van der Waals surface area contributed by atoms with Crippen LogP contribution >= 0.6 is 0 Å². The van der Waals surface area contributed by atoms with E-state index in [1.165, 1.54) is 0 Å². The number of hydrogen-bond donors (Lipinski definition) is 0. The van der Waals surface area contributed by atoms with Gasteiger partial charge in [-0.05, 0) is 54.5 Å². The monoisotopic (exact) mass is 294 g/mol. The van der Waals surface area contributed by atoms with Crippen LogP contribution in [0, 0.1) is 0 Å². The van der Waals surface area contributed by atoms with Crippen LogP contribution in [0.4, 0.5) is 4.79 Å². The Morgan fingerprint density at radius 2 is 1.76 bits per heavy atom. The number of ether oxygens (including phenoxy) is 1. The second kappa shape index (κ2) is 4.85. The lowest BCUT2D eigenvalue weighted by molar-refractivity contribution is 0.00578. The van der Waals surface area contributed by atoms with E-state index in [-0.39, 0.29) is 0 Å². The standard InChI is InChI=1S/C14H23BN2O4/c1-12(2,3)19-11(18)17-9-8-10(16-17)15-20-13(4,5)14(6,7)21-15/h8-9H,1-7H3. The molecule has 6 nitrogen and oxygen atoms in total.